The third-order valence-electron chi connectivity index (χ3n) is 4.32. The van der Waals surface area contributed by atoms with Crippen molar-refractivity contribution in [1.29, 1.82) is 0 Å². The van der Waals surface area contributed by atoms with E-state index in [9.17, 15) is 13.2 Å². The predicted molar refractivity (Wildman–Crippen MR) is 84.0 cm³/mol. The topological polar surface area (TPSA) is 51.2 Å². The SMILES string of the molecule is CC(C)S(=O)(=O)c1ccccc1CC(=O)C1CCCCC1. The monoisotopic (exact) mass is 308 g/mol. The van der Waals surface area contributed by atoms with E-state index in [0.29, 0.717) is 10.5 Å². The summed E-state index contributed by atoms with van der Waals surface area (Å²) in [5, 5.41) is -0.469. The van der Waals surface area contributed by atoms with Crippen molar-refractivity contribution in [3.8, 4) is 0 Å². The number of hydrogen-bond acceptors (Lipinski definition) is 3. The maximum absolute atomic E-state index is 12.4. The Bertz CT molecular complexity index is 596. The molecule has 0 spiro atoms. The van der Waals surface area contributed by atoms with Crippen LogP contribution < -0.4 is 0 Å². The summed E-state index contributed by atoms with van der Waals surface area (Å²) >= 11 is 0. The van der Waals surface area contributed by atoms with Crippen LogP contribution in [-0.4, -0.2) is 19.5 Å². The summed E-state index contributed by atoms with van der Waals surface area (Å²) < 4.78 is 24.8. The lowest BCUT2D eigenvalue weighted by Gasteiger charge is -2.21. The molecule has 0 unspecified atom stereocenters. The van der Waals surface area contributed by atoms with Gasteiger partial charge >= 0.3 is 0 Å². The second-order valence-electron chi connectivity index (χ2n) is 6.18. The first-order valence-electron chi connectivity index (χ1n) is 7.77. The Labute approximate surface area is 127 Å². The molecule has 1 fully saturated rings. The van der Waals surface area contributed by atoms with Crippen LogP contribution in [0.5, 0.6) is 0 Å². The van der Waals surface area contributed by atoms with Crippen molar-refractivity contribution in [2.45, 2.75) is 62.5 Å². The van der Waals surface area contributed by atoms with Gasteiger partial charge in [0, 0.05) is 12.3 Å². The van der Waals surface area contributed by atoms with Crippen molar-refractivity contribution in [2.24, 2.45) is 5.92 Å². The normalized spacial score (nSPS) is 17.1. The van der Waals surface area contributed by atoms with E-state index >= 15 is 0 Å². The summed E-state index contributed by atoms with van der Waals surface area (Å²) in [6.07, 6.45) is 5.59. The Morgan fingerprint density at radius 1 is 1.14 bits per heavy atom. The van der Waals surface area contributed by atoms with E-state index in [1.54, 1.807) is 32.0 Å². The van der Waals surface area contributed by atoms with Crippen LogP contribution in [0.3, 0.4) is 0 Å². The van der Waals surface area contributed by atoms with Crippen molar-refractivity contribution in [3.05, 3.63) is 29.8 Å². The quantitative estimate of drug-likeness (QED) is 0.835. The van der Waals surface area contributed by atoms with Gasteiger partial charge in [-0.3, -0.25) is 4.79 Å². The zero-order valence-electron chi connectivity index (χ0n) is 12.8. The van der Waals surface area contributed by atoms with Gasteiger partial charge < -0.3 is 0 Å². The van der Waals surface area contributed by atoms with Gasteiger partial charge in [0.25, 0.3) is 0 Å². The zero-order valence-corrected chi connectivity index (χ0v) is 13.7. The highest BCUT2D eigenvalue weighted by atomic mass is 32.2. The summed E-state index contributed by atoms with van der Waals surface area (Å²) in [6.45, 7) is 3.35. The summed E-state index contributed by atoms with van der Waals surface area (Å²) in [5.74, 6) is 0.315. The van der Waals surface area contributed by atoms with Gasteiger partial charge in [-0.05, 0) is 38.3 Å². The van der Waals surface area contributed by atoms with E-state index in [4.69, 9.17) is 0 Å². The Morgan fingerprint density at radius 2 is 1.76 bits per heavy atom. The lowest BCUT2D eigenvalue weighted by Crippen LogP contribution is -2.22. The Balaban J connectivity index is 2.23. The zero-order chi connectivity index (χ0) is 15.5. The van der Waals surface area contributed by atoms with E-state index in [2.05, 4.69) is 0 Å². The third-order valence-corrected chi connectivity index (χ3v) is 6.58. The van der Waals surface area contributed by atoms with Crippen molar-refractivity contribution in [1.82, 2.24) is 0 Å². The smallest absolute Gasteiger partial charge is 0.180 e. The summed E-state index contributed by atoms with van der Waals surface area (Å²) in [4.78, 5) is 12.7. The predicted octanol–water partition coefficient (Wildman–Crippen LogP) is 3.56. The van der Waals surface area contributed by atoms with Gasteiger partial charge in [0.1, 0.15) is 5.78 Å². The van der Waals surface area contributed by atoms with E-state index < -0.39 is 15.1 Å². The van der Waals surface area contributed by atoms with Gasteiger partial charge in [0.2, 0.25) is 0 Å². The highest BCUT2D eigenvalue weighted by molar-refractivity contribution is 7.92. The van der Waals surface area contributed by atoms with Gasteiger partial charge in [0.15, 0.2) is 9.84 Å². The molecule has 0 saturated heterocycles. The number of sulfone groups is 1. The third kappa shape index (κ3) is 3.73. The van der Waals surface area contributed by atoms with Gasteiger partial charge in [0.05, 0.1) is 10.1 Å². The lowest BCUT2D eigenvalue weighted by atomic mass is 9.84. The summed E-state index contributed by atoms with van der Waals surface area (Å²) in [5.41, 5.74) is 0.654. The number of hydrogen-bond donors (Lipinski definition) is 0. The molecule has 1 saturated carbocycles. The summed E-state index contributed by atoms with van der Waals surface area (Å²) in [6, 6.07) is 6.93. The molecule has 0 bridgehead atoms. The van der Waals surface area contributed by atoms with E-state index in [-0.39, 0.29) is 18.1 Å². The van der Waals surface area contributed by atoms with Gasteiger partial charge in [-0.1, -0.05) is 37.5 Å². The second-order valence-corrected chi connectivity index (χ2v) is 8.65. The van der Waals surface area contributed by atoms with Gasteiger partial charge in [-0.15, -0.1) is 0 Å². The van der Waals surface area contributed by atoms with Crippen molar-refractivity contribution < 1.29 is 13.2 Å². The first-order valence-corrected chi connectivity index (χ1v) is 9.32. The minimum atomic E-state index is -3.34. The first-order chi connectivity index (χ1) is 9.93. The molecular formula is C17H24O3S. The first kappa shape index (κ1) is 16.2. The summed E-state index contributed by atoms with van der Waals surface area (Å²) in [7, 11) is -3.34. The molecule has 0 aromatic heterocycles. The molecule has 21 heavy (non-hydrogen) atoms. The number of carbonyl (C=O) groups is 1. The van der Waals surface area contributed by atoms with Crippen LogP contribution in [0, 0.1) is 5.92 Å². The van der Waals surface area contributed by atoms with Crippen LogP contribution in [0.4, 0.5) is 0 Å². The minimum absolute atomic E-state index is 0.119. The van der Waals surface area contributed by atoms with Crippen LogP contribution in [0.15, 0.2) is 29.2 Å². The molecule has 0 aliphatic heterocycles. The van der Waals surface area contributed by atoms with E-state index in [1.807, 2.05) is 6.07 Å². The highest BCUT2D eigenvalue weighted by Gasteiger charge is 2.26. The fourth-order valence-electron chi connectivity index (χ4n) is 2.94. The van der Waals surface area contributed by atoms with E-state index in [1.165, 1.54) is 6.42 Å². The van der Waals surface area contributed by atoms with Crippen molar-refractivity contribution >= 4 is 15.6 Å². The lowest BCUT2D eigenvalue weighted by molar-refractivity contribution is -0.123. The van der Waals surface area contributed by atoms with Gasteiger partial charge in [-0.25, -0.2) is 8.42 Å². The van der Waals surface area contributed by atoms with Crippen LogP contribution in [0.1, 0.15) is 51.5 Å². The highest BCUT2D eigenvalue weighted by Crippen LogP contribution is 2.27. The molecular weight excluding hydrogens is 284 g/mol. The van der Waals surface area contributed by atoms with E-state index in [0.717, 1.165) is 25.7 Å². The maximum Gasteiger partial charge on any atom is 0.180 e. The molecule has 0 amide bonds. The Hall–Kier alpha value is -1.16. The van der Waals surface area contributed by atoms with Gasteiger partial charge in [-0.2, -0.15) is 0 Å². The second kappa shape index (κ2) is 6.73. The fourth-order valence-corrected chi connectivity index (χ4v) is 4.22. The average molecular weight is 308 g/mol. The molecule has 3 nitrogen and oxygen atoms in total. The van der Waals surface area contributed by atoms with Crippen molar-refractivity contribution in [3.63, 3.8) is 0 Å². The van der Waals surface area contributed by atoms with Crippen molar-refractivity contribution in [2.75, 3.05) is 0 Å². The van der Waals surface area contributed by atoms with Crippen LogP contribution in [0.2, 0.25) is 0 Å². The Morgan fingerprint density at radius 3 is 2.38 bits per heavy atom. The molecule has 116 valence electrons. The molecule has 0 N–H and O–H groups in total. The molecule has 1 aromatic rings. The molecule has 1 aliphatic carbocycles. The molecule has 1 aromatic carbocycles. The average Bonchev–Trinajstić information content (AvgIpc) is 2.48. The van der Waals surface area contributed by atoms with Crippen LogP contribution in [0.25, 0.3) is 0 Å². The number of benzene rings is 1. The standard InChI is InChI=1S/C17H24O3S/c1-13(2)21(19,20)17-11-7-6-10-15(17)12-16(18)14-8-4-3-5-9-14/h6-7,10-11,13-14H,3-5,8-9,12H2,1-2H3. The van der Waals surface area contributed by atoms with Crippen LogP contribution in [-0.2, 0) is 21.1 Å². The molecule has 2 rings (SSSR count). The fraction of sp³-hybridized carbons (Fsp3) is 0.588. The van der Waals surface area contributed by atoms with Crippen LogP contribution >= 0.6 is 0 Å². The Kier molecular flexibility index (Phi) is 5.20. The molecule has 0 heterocycles. The number of rotatable bonds is 5. The molecule has 0 radical (unpaired) electrons. The number of carbonyl (C=O) groups excluding carboxylic acids is 1. The number of Topliss-reactive ketones (excluding diaryl/α,β-unsaturated/α-hetero) is 1. The number of ketones is 1. The maximum atomic E-state index is 12.4. The molecule has 1 aliphatic rings. The minimum Gasteiger partial charge on any atom is -0.299 e. The molecule has 0 atom stereocenters. The largest absolute Gasteiger partial charge is 0.299 e. The molecule has 4 heteroatoms.